The van der Waals surface area contributed by atoms with Gasteiger partial charge in [-0.1, -0.05) is 19.1 Å². The number of aromatic nitrogens is 1. The first-order chi connectivity index (χ1) is 10.2. The number of benzene rings is 1. The lowest BCUT2D eigenvalue weighted by molar-refractivity contribution is 0.112. The smallest absolute Gasteiger partial charge is 0.153 e. The largest absolute Gasteiger partial charge is 0.353 e. The van der Waals surface area contributed by atoms with E-state index in [0.717, 1.165) is 39.0 Å². The van der Waals surface area contributed by atoms with E-state index < -0.39 is 0 Å². The molecular weight excluding hydrogens is 269 g/mol. The third-order valence-corrected chi connectivity index (χ3v) is 4.05. The normalized spacial score (nSPS) is 16.4. The van der Waals surface area contributed by atoms with Gasteiger partial charge >= 0.3 is 0 Å². The summed E-state index contributed by atoms with van der Waals surface area (Å²) in [7, 11) is 0. The van der Waals surface area contributed by atoms with Crippen LogP contribution in [0, 0.1) is 5.82 Å². The Labute approximate surface area is 123 Å². The Bertz CT molecular complexity index is 666. The Morgan fingerprint density at radius 2 is 2.05 bits per heavy atom. The molecule has 0 atom stereocenters. The number of nitrogens with zero attached hydrogens (tertiary/aromatic N) is 3. The lowest BCUT2D eigenvalue weighted by atomic mass is 10.1. The first-order valence-electron chi connectivity index (χ1n) is 7.24. The molecule has 1 fully saturated rings. The van der Waals surface area contributed by atoms with Crippen molar-refractivity contribution in [3.05, 3.63) is 35.6 Å². The molecule has 5 heteroatoms. The molecule has 1 aliphatic rings. The maximum Gasteiger partial charge on any atom is 0.153 e. The molecule has 0 bridgehead atoms. The number of hydrogen-bond donors (Lipinski definition) is 0. The van der Waals surface area contributed by atoms with E-state index in [9.17, 15) is 9.18 Å². The van der Waals surface area contributed by atoms with Gasteiger partial charge in [0.2, 0.25) is 0 Å². The minimum atomic E-state index is -0.349. The average Bonchev–Trinajstić information content (AvgIpc) is 2.54. The first kappa shape index (κ1) is 13.9. The van der Waals surface area contributed by atoms with Gasteiger partial charge in [-0.25, -0.2) is 9.37 Å². The van der Waals surface area contributed by atoms with Gasteiger partial charge in [-0.3, -0.25) is 4.79 Å². The summed E-state index contributed by atoms with van der Waals surface area (Å²) in [5.41, 5.74) is 0.856. The number of carbonyl (C=O) groups excluding carboxylic acids is 1. The van der Waals surface area contributed by atoms with Crippen molar-refractivity contribution < 1.29 is 9.18 Å². The number of para-hydroxylation sites is 1. The number of hydrogen-bond acceptors (Lipinski definition) is 4. The van der Waals surface area contributed by atoms with E-state index in [4.69, 9.17) is 0 Å². The fourth-order valence-electron chi connectivity index (χ4n) is 2.78. The molecule has 2 aromatic rings. The minimum absolute atomic E-state index is 0.330. The number of anilines is 1. The number of likely N-dealkylation sites (N-methyl/N-ethyl adjacent to an activating group) is 1. The maximum atomic E-state index is 13.9. The van der Waals surface area contributed by atoms with Crippen LogP contribution in [0.5, 0.6) is 0 Å². The predicted octanol–water partition coefficient (Wildman–Crippen LogP) is 2.33. The number of pyridine rings is 1. The van der Waals surface area contributed by atoms with E-state index in [1.807, 2.05) is 0 Å². The SMILES string of the molecule is CCN1CCN(c2nc3c(F)cccc3cc2C=O)CC1. The van der Waals surface area contributed by atoms with Gasteiger partial charge in [0.15, 0.2) is 6.29 Å². The van der Waals surface area contributed by atoms with Crippen molar-refractivity contribution >= 4 is 23.0 Å². The van der Waals surface area contributed by atoms with Crippen LogP contribution in [0.25, 0.3) is 10.9 Å². The van der Waals surface area contributed by atoms with Crippen LogP contribution in [0.3, 0.4) is 0 Å². The van der Waals surface area contributed by atoms with E-state index in [2.05, 4.69) is 21.7 Å². The highest BCUT2D eigenvalue weighted by molar-refractivity contribution is 5.92. The monoisotopic (exact) mass is 287 g/mol. The zero-order valence-corrected chi connectivity index (χ0v) is 12.1. The molecule has 0 amide bonds. The molecule has 0 unspecified atom stereocenters. The number of rotatable bonds is 3. The van der Waals surface area contributed by atoms with Gasteiger partial charge in [-0.15, -0.1) is 0 Å². The van der Waals surface area contributed by atoms with Crippen molar-refractivity contribution in [3.8, 4) is 0 Å². The van der Waals surface area contributed by atoms with Crippen molar-refractivity contribution in [2.24, 2.45) is 0 Å². The van der Waals surface area contributed by atoms with Gasteiger partial charge in [0.05, 0.1) is 5.56 Å². The summed E-state index contributed by atoms with van der Waals surface area (Å²) in [4.78, 5) is 20.2. The number of halogens is 1. The summed E-state index contributed by atoms with van der Waals surface area (Å²) in [6, 6.07) is 6.53. The van der Waals surface area contributed by atoms with Crippen LogP contribution in [0.2, 0.25) is 0 Å². The summed E-state index contributed by atoms with van der Waals surface area (Å²) < 4.78 is 13.9. The van der Waals surface area contributed by atoms with Crippen LogP contribution in [0.4, 0.5) is 10.2 Å². The van der Waals surface area contributed by atoms with Gasteiger partial charge in [-0.2, -0.15) is 0 Å². The molecule has 3 rings (SSSR count). The number of carbonyl (C=O) groups is 1. The van der Waals surface area contributed by atoms with Crippen LogP contribution in [-0.4, -0.2) is 48.9 Å². The highest BCUT2D eigenvalue weighted by Gasteiger charge is 2.20. The van der Waals surface area contributed by atoms with Crippen LogP contribution in [-0.2, 0) is 0 Å². The fourth-order valence-corrected chi connectivity index (χ4v) is 2.78. The second-order valence-corrected chi connectivity index (χ2v) is 5.25. The standard InChI is InChI=1S/C16H18FN3O/c1-2-19-6-8-20(9-7-19)16-13(11-21)10-12-4-3-5-14(17)15(12)18-16/h3-5,10-11H,2,6-9H2,1H3. The molecule has 1 aliphatic heterocycles. The predicted molar refractivity (Wildman–Crippen MR) is 81.4 cm³/mol. The molecule has 4 nitrogen and oxygen atoms in total. The van der Waals surface area contributed by atoms with Crippen molar-refractivity contribution in [2.45, 2.75) is 6.92 Å². The maximum absolute atomic E-state index is 13.9. The molecule has 110 valence electrons. The number of piperazine rings is 1. The Hall–Kier alpha value is -2.01. The molecule has 0 radical (unpaired) electrons. The summed E-state index contributed by atoms with van der Waals surface area (Å²) in [5.74, 6) is 0.247. The number of aldehydes is 1. The van der Waals surface area contributed by atoms with Crippen LogP contribution in [0.1, 0.15) is 17.3 Å². The molecule has 0 spiro atoms. The second kappa shape index (κ2) is 5.77. The van der Waals surface area contributed by atoms with Gasteiger partial charge in [-0.05, 0) is 18.7 Å². The lowest BCUT2D eigenvalue weighted by Gasteiger charge is -2.35. The molecule has 0 aliphatic carbocycles. The Morgan fingerprint density at radius 3 is 2.71 bits per heavy atom. The van der Waals surface area contributed by atoms with Crippen LogP contribution < -0.4 is 4.90 Å². The van der Waals surface area contributed by atoms with Crippen molar-refractivity contribution in [2.75, 3.05) is 37.6 Å². The van der Waals surface area contributed by atoms with Gasteiger partial charge in [0.25, 0.3) is 0 Å². The third kappa shape index (κ3) is 2.61. The fraction of sp³-hybridized carbons (Fsp3) is 0.375. The summed E-state index contributed by atoms with van der Waals surface area (Å²) in [6.45, 7) is 6.64. The summed E-state index contributed by atoms with van der Waals surface area (Å²) in [5, 5.41) is 0.660. The molecule has 2 heterocycles. The highest BCUT2D eigenvalue weighted by atomic mass is 19.1. The molecule has 1 saturated heterocycles. The summed E-state index contributed by atoms with van der Waals surface area (Å²) >= 11 is 0. The average molecular weight is 287 g/mol. The van der Waals surface area contributed by atoms with Crippen LogP contribution >= 0.6 is 0 Å². The molecule has 21 heavy (non-hydrogen) atoms. The van der Waals surface area contributed by atoms with Gasteiger partial charge in [0, 0.05) is 31.6 Å². The topological polar surface area (TPSA) is 36.4 Å². The quantitative estimate of drug-likeness (QED) is 0.812. The minimum Gasteiger partial charge on any atom is -0.353 e. The highest BCUT2D eigenvalue weighted by Crippen LogP contribution is 2.25. The zero-order valence-electron chi connectivity index (χ0n) is 12.1. The van der Waals surface area contributed by atoms with E-state index >= 15 is 0 Å². The van der Waals surface area contributed by atoms with E-state index in [0.29, 0.717) is 22.3 Å². The Kier molecular flexibility index (Phi) is 3.84. The number of fused-ring (bicyclic) bond motifs is 1. The summed E-state index contributed by atoms with van der Waals surface area (Å²) in [6.07, 6.45) is 0.804. The second-order valence-electron chi connectivity index (χ2n) is 5.25. The molecule has 0 N–H and O–H groups in total. The van der Waals surface area contributed by atoms with Crippen LogP contribution in [0.15, 0.2) is 24.3 Å². The van der Waals surface area contributed by atoms with E-state index in [1.54, 1.807) is 18.2 Å². The molecular formula is C16H18FN3O. The molecule has 1 aromatic heterocycles. The zero-order chi connectivity index (χ0) is 14.8. The van der Waals surface area contributed by atoms with E-state index in [-0.39, 0.29) is 5.82 Å². The molecule has 0 saturated carbocycles. The van der Waals surface area contributed by atoms with E-state index in [1.165, 1.54) is 6.07 Å². The lowest BCUT2D eigenvalue weighted by Crippen LogP contribution is -2.46. The van der Waals surface area contributed by atoms with Crippen molar-refractivity contribution in [3.63, 3.8) is 0 Å². The van der Waals surface area contributed by atoms with Crippen molar-refractivity contribution in [1.82, 2.24) is 9.88 Å². The Balaban J connectivity index is 2.01. The Morgan fingerprint density at radius 1 is 1.29 bits per heavy atom. The van der Waals surface area contributed by atoms with Gasteiger partial charge in [0.1, 0.15) is 17.2 Å². The van der Waals surface area contributed by atoms with Gasteiger partial charge < -0.3 is 9.80 Å². The third-order valence-electron chi connectivity index (χ3n) is 4.05. The first-order valence-corrected chi connectivity index (χ1v) is 7.24. The van der Waals surface area contributed by atoms with Crippen molar-refractivity contribution in [1.29, 1.82) is 0 Å². The molecule has 1 aromatic carbocycles.